The first kappa shape index (κ1) is 21.1. The summed E-state index contributed by atoms with van der Waals surface area (Å²) in [5.41, 5.74) is 13.5. The number of allylic oxidation sites excluding steroid dienone is 3. The van der Waals surface area contributed by atoms with Crippen molar-refractivity contribution in [2.75, 3.05) is 31.1 Å². The number of anilines is 1. The van der Waals surface area contributed by atoms with Crippen molar-refractivity contribution in [1.29, 1.82) is 5.26 Å². The zero-order chi connectivity index (χ0) is 21.5. The lowest BCUT2D eigenvalue weighted by Crippen LogP contribution is -2.45. The van der Waals surface area contributed by atoms with Crippen molar-refractivity contribution in [3.8, 4) is 6.07 Å². The van der Waals surface area contributed by atoms with Crippen LogP contribution in [0.15, 0.2) is 66.0 Å². The summed E-state index contributed by atoms with van der Waals surface area (Å²) in [5.74, 6) is 2.01. The van der Waals surface area contributed by atoms with Gasteiger partial charge in [-0.05, 0) is 25.1 Å². The number of nitrogens with two attached hydrogens (primary N) is 2. The minimum absolute atomic E-state index is 0.144. The lowest BCUT2D eigenvalue weighted by atomic mass is 9.94. The van der Waals surface area contributed by atoms with Gasteiger partial charge in [0.25, 0.3) is 0 Å². The molecule has 30 heavy (non-hydrogen) atoms. The molecule has 2 aliphatic heterocycles. The van der Waals surface area contributed by atoms with Crippen molar-refractivity contribution < 1.29 is 0 Å². The van der Waals surface area contributed by atoms with Crippen LogP contribution in [0.2, 0.25) is 0 Å². The summed E-state index contributed by atoms with van der Waals surface area (Å²) in [6.45, 7) is 11.0. The lowest BCUT2D eigenvalue weighted by Gasteiger charge is -2.41. The number of rotatable bonds is 7. The number of aliphatic imine (C=N–C) groups is 1. The van der Waals surface area contributed by atoms with E-state index in [-0.39, 0.29) is 11.8 Å². The first-order valence-corrected chi connectivity index (χ1v) is 10.0. The molecule has 0 saturated carbocycles. The van der Waals surface area contributed by atoms with Crippen molar-refractivity contribution in [3.63, 3.8) is 0 Å². The van der Waals surface area contributed by atoms with Crippen LogP contribution < -0.4 is 16.4 Å². The van der Waals surface area contributed by atoms with Gasteiger partial charge in [-0.2, -0.15) is 5.26 Å². The SMILES string of the molecule is C=CC(/C=N\C(=C)N1CC(c2nccnc2N2CCC(C#N)CC2)C1)=C(N)\C=C/N. The average Bonchev–Trinajstić information content (AvgIpc) is 2.74. The highest BCUT2D eigenvalue weighted by Crippen LogP contribution is 2.34. The molecule has 3 rings (SSSR count). The summed E-state index contributed by atoms with van der Waals surface area (Å²) in [5, 5.41) is 9.12. The first-order chi connectivity index (χ1) is 14.6. The van der Waals surface area contributed by atoms with Crippen LogP contribution in [0.25, 0.3) is 0 Å². The van der Waals surface area contributed by atoms with Crippen LogP contribution in [0.1, 0.15) is 24.5 Å². The van der Waals surface area contributed by atoms with Gasteiger partial charge in [0.05, 0.1) is 11.8 Å². The van der Waals surface area contributed by atoms with Gasteiger partial charge in [0.2, 0.25) is 0 Å². The molecule has 3 heterocycles. The van der Waals surface area contributed by atoms with Gasteiger partial charge in [0, 0.05) is 67.9 Å². The number of nitrogens with zero attached hydrogens (tertiary/aromatic N) is 6. The van der Waals surface area contributed by atoms with Gasteiger partial charge in [-0.1, -0.05) is 19.2 Å². The number of piperidine rings is 1. The van der Waals surface area contributed by atoms with E-state index in [2.05, 4.69) is 44.0 Å². The average molecular weight is 405 g/mol. The molecular formula is C22H28N8. The fourth-order valence-corrected chi connectivity index (χ4v) is 3.63. The maximum Gasteiger partial charge on any atom is 0.150 e. The summed E-state index contributed by atoms with van der Waals surface area (Å²) < 4.78 is 0. The quantitative estimate of drug-likeness (QED) is 0.527. The Morgan fingerprint density at radius 1 is 1.27 bits per heavy atom. The van der Waals surface area contributed by atoms with Crippen molar-refractivity contribution in [2.45, 2.75) is 18.8 Å². The predicted octanol–water partition coefficient (Wildman–Crippen LogP) is 2.03. The molecule has 0 aromatic carbocycles. The van der Waals surface area contributed by atoms with Gasteiger partial charge >= 0.3 is 0 Å². The molecule has 2 aliphatic rings. The Balaban J connectivity index is 1.63. The Morgan fingerprint density at radius 2 is 1.97 bits per heavy atom. The normalized spacial score (nSPS) is 18.9. The molecule has 0 atom stereocenters. The molecule has 0 spiro atoms. The third-order valence-electron chi connectivity index (χ3n) is 5.50. The van der Waals surface area contributed by atoms with Crippen LogP contribution in [0.5, 0.6) is 0 Å². The van der Waals surface area contributed by atoms with E-state index in [1.54, 1.807) is 30.8 Å². The molecule has 2 saturated heterocycles. The number of hydrogen-bond acceptors (Lipinski definition) is 8. The summed E-state index contributed by atoms with van der Waals surface area (Å²) in [7, 11) is 0. The molecule has 8 heteroatoms. The van der Waals surface area contributed by atoms with Crippen LogP contribution in [0.4, 0.5) is 5.82 Å². The Morgan fingerprint density at radius 3 is 2.60 bits per heavy atom. The van der Waals surface area contributed by atoms with Gasteiger partial charge in [0.15, 0.2) is 5.82 Å². The van der Waals surface area contributed by atoms with E-state index >= 15 is 0 Å². The number of nitriles is 1. The summed E-state index contributed by atoms with van der Waals surface area (Å²) in [6.07, 6.45) is 11.5. The minimum Gasteiger partial charge on any atom is -0.405 e. The molecule has 8 nitrogen and oxygen atoms in total. The Labute approximate surface area is 177 Å². The smallest absolute Gasteiger partial charge is 0.150 e. The highest BCUT2D eigenvalue weighted by molar-refractivity contribution is 5.84. The zero-order valence-corrected chi connectivity index (χ0v) is 17.1. The van der Waals surface area contributed by atoms with Crippen LogP contribution in [-0.2, 0) is 0 Å². The van der Waals surface area contributed by atoms with Crippen molar-refractivity contribution in [1.82, 2.24) is 14.9 Å². The van der Waals surface area contributed by atoms with E-state index in [1.807, 2.05) is 0 Å². The molecule has 0 aliphatic carbocycles. The summed E-state index contributed by atoms with van der Waals surface area (Å²) in [4.78, 5) is 18.0. The van der Waals surface area contributed by atoms with E-state index < -0.39 is 0 Å². The maximum atomic E-state index is 9.12. The van der Waals surface area contributed by atoms with Gasteiger partial charge in [0.1, 0.15) is 5.82 Å². The molecule has 2 fully saturated rings. The zero-order valence-electron chi connectivity index (χ0n) is 17.1. The molecule has 0 bridgehead atoms. The Bertz CT molecular complexity index is 909. The highest BCUT2D eigenvalue weighted by Gasteiger charge is 2.34. The first-order valence-electron chi connectivity index (χ1n) is 10.0. The van der Waals surface area contributed by atoms with Crippen molar-refractivity contribution in [3.05, 3.63) is 66.7 Å². The second-order valence-electron chi connectivity index (χ2n) is 7.41. The van der Waals surface area contributed by atoms with E-state index in [0.717, 1.165) is 50.5 Å². The van der Waals surface area contributed by atoms with E-state index in [1.165, 1.54) is 6.20 Å². The molecule has 1 aromatic heterocycles. The Hall–Kier alpha value is -3.60. The molecule has 156 valence electrons. The molecule has 4 N–H and O–H groups in total. The summed E-state index contributed by atoms with van der Waals surface area (Å²) >= 11 is 0. The number of likely N-dealkylation sites (tertiary alicyclic amines) is 1. The fraction of sp³-hybridized carbons (Fsp3) is 0.364. The van der Waals surface area contributed by atoms with Gasteiger partial charge in [-0.3, -0.25) is 4.98 Å². The fourth-order valence-electron chi connectivity index (χ4n) is 3.63. The van der Waals surface area contributed by atoms with Gasteiger partial charge < -0.3 is 21.3 Å². The molecule has 0 amide bonds. The lowest BCUT2D eigenvalue weighted by molar-refractivity contribution is 0.195. The second-order valence-corrected chi connectivity index (χ2v) is 7.41. The van der Waals surface area contributed by atoms with E-state index in [4.69, 9.17) is 16.7 Å². The summed E-state index contributed by atoms with van der Waals surface area (Å²) in [6, 6.07) is 2.37. The molecular weight excluding hydrogens is 376 g/mol. The van der Waals surface area contributed by atoms with E-state index in [0.29, 0.717) is 17.1 Å². The monoisotopic (exact) mass is 404 g/mol. The molecule has 0 radical (unpaired) electrons. The van der Waals surface area contributed by atoms with Crippen LogP contribution in [0, 0.1) is 17.2 Å². The van der Waals surface area contributed by atoms with Crippen molar-refractivity contribution in [2.24, 2.45) is 22.4 Å². The molecule has 0 unspecified atom stereocenters. The predicted molar refractivity (Wildman–Crippen MR) is 119 cm³/mol. The van der Waals surface area contributed by atoms with E-state index in [9.17, 15) is 0 Å². The van der Waals surface area contributed by atoms with Crippen LogP contribution in [0.3, 0.4) is 0 Å². The third kappa shape index (κ3) is 4.69. The van der Waals surface area contributed by atoms with Gasteiger partial charge in [-0.15, -0.1) is 0 Å². The number of aromatic nitrogens is 2. The number of hydrogen-bond donors (Lipinski definition) is 2. The van der Waals surface area contributed by atoms with Crippen LogP contribution in [-0.4, -0.2) is 47.3 Å². The second kappa shape index (κ2) is 9.74. The standard InChI is InChI=1S/C22H28N8/c1-3-18(20(25)4-7-23)13-28-16(2)30-14-19(15-30)21-22(27-9-8-26-21)29-10-5-17(12-24)6-11-29/h3-4,7-9,13,17,19H,1-2,5-6,10-11,14-15,23,25H2/b7-4-,20-18-,28-13-. The Kier molecular flexibility index (Phi) is 6.86. The van der Waals surface area contributed by atoms with Crippen LogP contribution >= 0.6 is 0 Å². The molecule has 1 aromatic rings. The van der Waals surface area contributed by atoms with Gasteiger partial charge in [-0.25, -0.2) is 9.98 Å². The maximum absolute atomic E-state index is 9.12. The minimum atomic E-state index is 0.144. The largest absolute Gasteiger partial charge is 0.405 e. The van der Waals surface area contributed by atoms with Crippen molar-refractivity contribution >= 4 is 12.0 Å². The third-order valence-corrected chi connectivity index (χ3v) is 5.50. The topological polar surface area (TPSA) is 120 Å². The highest BCUT2D eigenvalue weighted by atomic mass is 15.3.